The van der Waals surface area contributed by atoms with E-state index in [1.807, 2.05) is 4.90 Å². The van der Waals surface area contributed by atoms with Crippen LogP contribution in [0.4, 0.5) is 10.2 Å². The molecule has 202 valence electrons. The fourth-order valence-corrected chi connectivity index (χ4v) is 6.07. The first kappa shape index (κ1) is 24.8. The van der Waals surface area contributed by atoms with Crippen molar-refractivity contribution in [2.75, 3.05) is 37.7 Å². The number of amides is 2. The SMILES string of the molecule is CCOC(=O)c1nc2c(o1)CCN(C(=O)[C@H]1CC3(CC3)CN1C(=O)C1CCN(c3ccc(F)cn3)CC1)C2. The molecule has 38 heavy (non-hydrogen) atoms. The van der Waals surface area contributed by atoms with E-state index < -0.39 is 12.0 Å². The van der Waals surface area contributed by atoms with Crippen molar-refractivity contribution in [2.24, 2.45) is 11.3 Å². The van der Waals surface area contributed by atoms with E-state index in [0.29, 0.717) is 69.1 Å². The van der Waals surface area contributed by atoms with Gasteiger partial charge >= 0.3 is 11.9 Å². The first-order valence-corrected chi connectivity index (χ1v) is 13.5. The first-order valence-electron chi connectivity index (χ1n) is 13.5. The maximum atomic E-state index is 13.8. The molecule has 2 amide bonds. The molecule has 1 spiro atoms. The summed E-state index contributed by atoms with van der Waals surface area (Å²) in [5, 5.41) is 0. The lowest BCUT2D eigenvalue weighted by atomic mass is 9.94. The van der Waals surface area contributed by atoms with E-state index >= 15 is 0 Å². The third-order valence-electron chi connectivity index (χ3n) is 8.40. The number of hydrogen-bond donors (Lipinski definition) is 0. The number of piperidine rings is 1. The van der Waals surface area contributed by atoms with Crippen molar-refractivity contribution < 1.29 is 27.9 Å². The molecule has 1 atom stereocenters. The number of aromatic nitrogens is 2. The van der Waals surface area contributed by atoms with Crippen LogP contribution in [0.15, 0.2) is 22.7 Å². The van der Waals surface area contributed by atoms with Gasteiger partial charge in [0.1, 0.15) is 29.1 Å². The van der Waals surface area contributed by atoms with Crippen molar-refractivity contribution in [1.29, 1.82) is 0 Å². The summed E-state index contributed by atoms with van der Waals surface area (Å²) in [6, 6.07) is 2.59. The topological polar surface area (TPSA) is 109 Å². The fraction of sp³-hybridized carbons (Fsp3) is 0.593. The molecule has 0 aromatic carbocycles. The van der Waals surface area contributed by atoms with Gasteiger partial charge in [-0.15, -0.1) is 0 Å². The van der Waals surface area contributed by atoms with E-state index in [1.165, 1.54) is 12.3 Å². The van der Waals surface area contributed by atoms with E-state index in [9.17, 15) is 18.8 Å². The molecule has 0 radical (unpaired) electrons. The van der Waals surface area contributed by atoms with Gasteiger partial charge in [0.25, 0.3) is 0 Å². The number of nitrogens with zero attached hydrogens (tertiary/aromatic N) is 5. The van der Waals surface area contributed by atoms with Crippen LogP contribution in [0.3, 0.4) is 0 Å². The molecule has 2 aromatic rings. The van der Waals surface area contributed by atoms with Gasteiger partial charge in [0.05, 0.1) is 19.3 Å². The zero-order valence-corrected chi connectivity index (χ0v) is 21.5. The van der Waals surface area contributed by atoms with Gasteiger partial charge in [-0.2, -0.15) is 0 Å². The molecule has 1 saturated carbocycles. The summed E-state index contributed by atoms with van der Waals surface area (Å²) >= 11 is 0. The summed E-state index contributed by atoms with van der Waals surface area (Å²) < 4.78 is 23.8. The monoisotopic (exact) mass is 525 g/mol. The highest BCUT2D eigenvalue weighted by atomic mass is 19.1. The predicted molar refractivity (Wildman–Crippen MR) is 132 cm³/mol. The number of anilines is 1. The van der Waals surface area contributed by atoms with E-state index in [-0.39, 0.29) is 48.0 Å². The van der Waals surface area contributed by atoms with Crippen LogP contribution >= 0.6 is 0 Å². The molecule has 6 rings (SSSR count). The molecule has 0 bridgehead atoms. The Morgan fingerprint density at radius 2 is 1.95 bits per heavy atom. The number of likely N-dealkylation sites (tertiary alicyclic amines) is 1. The quantitative estimate of drug-likeness (QED) is 0.548. The van der Waals surface area contributed by atoms with Crippen molar-refractivity contribution in [3.05, 3.63) is 41.5 Å². The molecule has 5 heterocycles. The van der Waals surface area contributed by atoms with Gasteiger partial charge < -0.3 is 23.9 Å². The molecule has 2 aromatic heterocycles. The maximum Gasteiger partial charge on any atom is 0.394 e. The highest BCUT2D eigenvalue weighted by Crippen LogP contribution is 2.55. The first-order chi connectivity index (χ1) is 18.4. The summed E-state index contributed by atoms with van der Waals surface area (Å²) in [6.45, 7) is 4.62. The molecule has 2 saturated heterocycles. The van der Waals surface area contributed by atoms with Crippen molar-refractivity contribution in [3.8, 4) is 0 Å². The van der Waals surface area contributed by atoms with Crippen molar-refractivity contribution in [2.45, 2.75) is 58.0 Å². The number of fused-ring (bicyclic) bond motifs is 1. The average Bonchev–Trinajstić information content (AvgIpc) is 3.38. The Balaban J connectivity index is 1.12. The fourth-order valence-electron chi connectivity index (χ4n) is 6.07. The predicted octanol–water partition coefficient (Wildman–Crippen LogP) is 2.57. The molecule has 11 heteroatoms. The number of carbonyl (C=O) groups excluding carboxylic acids is 3. The Labute approximate surface area is 220 Å². The second kappa shape index (κ2) is 9.67. The Morgan fingerprint density at radius 3 is 2.63 bits per heavy atom. The number of ether oxygens (including phenoxy) is 1. The Kier molecular flexibility index (Phi) is 6.31. The minimum Gasteiger partial charge on any atom is -0.459 e. The number of hydrogen-bond acceptors (Lipinski definition) is 8. The number of oxazole rings is 1. The Bertz CT molecular complexity index is 1230. The van der Waals surface area contributed by atoms with Gasteiger partial charge in [0, 0.05) is 38.5 Å². The molecule has 0 N–H and O–H groups in total. The lowest BCUT2D eigenvalue weighted by molar-refractivity contribution is -0.147. The third-order valence-corrected chi connectivity index (χ3v) is 8.40. The standard InChI is InChI=1S/C27H32FN5O5/c1-2-37-26(36)23-30-19-15-32(12-7-21(19)38-23)25(35)20-13-27(8-9-27)16-33(20)24(34)17-5-10-31(11-6-17)22-4-3-18(28)14-29-22/h3-4,14,17,20H,2,5-13,15-16H2,1H3/t20-/m1/s1. The molecule has 3 aliphatic heterocycles. The summed E-state index contributed by atoms with van der Waals surface area (Å²) in [4.78, 5) is 53.6. The summed E-state index contributed by atoms with van der Waals surface area (Å²) in [7, 11) is 0. The van der Waals surface area contributed by atoms with Crippen molar-refractivity contribution >= 4 is 23.6 Å². The van der Waals surface area contributed by atoms with Gasteiger partial charge in [0.15, 0.2) is 0 Å². The number of carbonyl (C=O) groups is 3. The minimum atomic E-state index is -0.607. The van der Waals surface area contributed by atoms with Gasteiger partial charge in [-0.3, -0.25) is 9.59 Å². The summed E-state index contributed by atoms with van der Waals surface area (Å²) in [5.74, 6) is 0.123. The highest BCUT2D eigenvalue weighted by molar-refractivity contribution is 5.90. The minimum absolute atomic E-state index is 0.0543. The summed E-state index contributed by atoms with van der Waals surface area (Å²) in [6.07, 6.45) is 5.82. The van der Waals surface area contributed by atoms with Crippen molar-refractivity contribution in [3.63, 3.8) is 0 Å². The summed E-state index contributed by atoms with van der Waals surface area (Å²) in [5.41, 5.74) is 0.645. The lowest BCUT2D eigenvalue weighted by Gasteiger charge is -2.36. The number of rotatable bonds is 5. The van der Waals surface area contributed by atoms with Crippen molar-refractivity contribution in [1.82, 2.24) is 19.8 Å². The molecular weight excluding hydrogens is 493 g/mol. The smallest absolute Gasteiger partial charge is 0.394 e. The Hall–Kier alpha value is -3.50. The van der Waals surface area contributed by atoms with E-state index in [2.05, 4.69) is 14.9 Å². The molecule has 1 aliphatic carbocycles. The van der Waals surface area contributed by atoms with Crippen LogP contribution in [0.2, 0.25) is 0 Å². The molecular formula is C27H32FN5O5. The van der Waals surface area contributed by atoms with Crippen LogP contribution in [0.5, 0.6) is 0 Å². The van der Waals surface area contributed by atoms with E-state index in [4.69, 9.17) is 9.15 Å². The van der Waals surface area contributed by atoms with Crippen LogP contribution in [-0.2, 0) is 27.3 Å². The zero-order chi connectivity index (χ0) is 26.4. The second-order valence-corrected chi connectivity index (χ2v) is 10.9. The molecule has 0 unspecified atom stereocenters. The zero-order valence-electron chi connectivity index (χ0n) is 21.5. The van der Waals surface area contributed by atoms with Gasteiger partial charge in [-0.25, -0.2) is 19.2 Å². The number of pyridine rings is 1. The second-order valence-electron chi connectivity index (χ2n) is 10.9. The van der Waals surface area contributed by atoms with Gasteiger partial charge in [-0.05, 0) is 56.6 Å². The highest BCUT2D eigenvalue weighted by Gasteiger charge is 2.56. The Morgan fingerprint density at radius 1 is 1.16 bits per heavy atom. The number of esters is 1. The molecule has 3 fully saturated rings. The largest absolute Gasteiger partial charge is 0.459 e. The van der Waals surface area contributed by atoms with Crippen LogP contribution in [0.1, 0.15) is 61.2 Å². The van der Waals surface area contributed by atoms with Crippen LogP contribution in [-0.4, -0.2) is 76.4 Å². The number of halogens is 1. The van der Waals surface area contributed by atoms with Crippen LogP contribution in [0.25, 0.3) is 0 Å². The molecule has 10 nitrogen and oxygen atoms in total. The van der Waals surface area contributed by atoms with Crippen LogP contribution in [0, 0.1) is 17.2 Å². The lowest BCUT2D eigenvalue weighted by Crippen LogP contribution is -2.51. The third kappa shape index (κ3) is 4.63. The average molecular weight is 526 g/mol. The maximum absolute atomic E-state index is 13.8. The van der Waals surface area contributed by atoms with Gasteiger partial charge in [0.2, 0.25) is 11.8 Å². The van der Waals surface area contributed by atoms with Gasteiger partial charge in [-0.1, -0.05) is 0 Å². The van der Waals surface area contributed by atoms with Crippen LogP contribution < -0.4 is 4.90 Å². The molecule has 4 aliphatic rings. The van der Waals surface area contributed by atoms with E-state index in [0.717, 1.165) is 12.8 Å². The van der Waals surface area contributed by atoms with E-state index in [1.54, 1.807) is 17.9 Å². The normalized spacial score (nSPS) is 22.5.